The minimum absolute atomic E-state index is 0.198. The molecule has 0 heterocycles. The minimum atomic E-state index is -1.48. The zero-order valence-electron chi connectivity index (χ0n) is 32.7. The van der Waals surface area contributed by atoms with Crippen molar-refractivity contribution < 1.29 is 38.5 Å². The molecule has 0 aromatic rings. The average Bonchev–Trinajstić information content (AvgIpc) is 3.10. The van der Waals surface area contributed by atoms with Gasteiger partial charge in [-0.3, -0.25) is 4.79 Å². The number of carboxylic acids is 1. The number of aliphatic hydroxyl groups excluding tert-OH is 1. The number of likely N-dealkylation sites (N-methyl/N-ethyl adjacent to an activating group) is 1. The highest BCUT2D eigenvalue weighted by Gasteiger charge is 2.22. The predicted molar refractivity (Wildman–Crippen MR) is 216 cm³/mol. The van der Waals surface area contributed by atoms with Gasteiger partial charge in [-0.05, 0) is 77.0 Å². The van der Waals surface area contributed by atoms with E-state index >= 15 is 0 Å². The summed E-state index contributed by atoms with van der Waals surface area (Å²) in [5.41, 5.74) is 0. The van der Waals surface area contributed by atoms with Crippen LogP contribution < -0.4 is 0 Å². The maximum absolute atomic E-state index is 12.0. The first kappa shape index (κ1) is 48.4. The van der Waals surface area contributed by atoms with Crippen LogP contribution >= 0.6 is 0 Å². The third-order valence-corrected chi connectivity index (χ3v) is 7.27. The van der Waals surface area contributed by atoms with Crippen molar-refractivity contribution in [2.75, 3.05) is 47.5 Å². The van der Waals surface area contributed by atoms with Crippen LogP contribution in [0.4, 0.5) is 0 Å². The smallest absolute Gasteiger partial charge is 0.361 e. The van der Waals surface area contributed by atoms with Crippen LogP contribution in [-0.4, -0.2) is 86.5 Å². The van der Waals surface area contributed by atoms with Crippen molar-refractivity contribution in [3.05, 3.63) is 109 Å². The van der Waals surface area contributed by atoms with Gasteiger partial charge in [0.25, 0.3) is 6.29 Å². The number of rotatable bonds is 33. The molecule has 2 atom stereocenters. The molecule has 0 saturated carbocycles. The van der Waals surface area contributed by atoms with E-state index in [2.05, 4.69) is 116 Å². The number of hydrogen-bond acceptors (Lipinski definition) is 6. The second-order valence-corrected chi connectivity index (χ2v) is 13.4. The Morgan fingerprint density at radius 3 is 1.40 bits per heavy atom. The lowest BCUT2D eigenvalue weighted by Crippen LogP contribution is -2.40. The molecule has 0 fully saturated rings. The molecule has 0 amide bonds. The van der Waals surface area contributed by atoms with E-state index in [4.69, 9.17) is 14.2 Å². The standard InChI is InChI=1S/C44H69NO7/c1-5-6-7-8-9-10-11-12-13-14-15-16-17-18-19-20-21-22-23-24-25-26-27-28-29-30-31-32-33-34-35-36-42(47)51-39-41(46)40-52-44(43(48)49)50-38-37-45(2,3)4/h6-7,9-10,12-13,15-16,18-19,21-22,24-25,27-28,30-31,41,44,46H,5,8,11,14,17,20,23,26,29,32-40H2,1-4H3/p+1/b7-6-,10-9-,13-12-,16-15-,19-18-,22-21-,25-24-,28-27-,31-30-. The molecule has 0 saturated heterocycles. The van der Waals surface area contributed by atoms with Crippen molar-refractivity contribution in [2.24, 2.45) is 0 Å². The van der Waals surface area contributed by atoms with Gasteiger partial charge in [-0.1, -0.05) is 123 Å². The van der Waals surface area contributed by atoms with Crippen LogP contribution in [0.2, 0.25) is 0 Å². The van der Waals surface area contributed by atoms with E-state index in [0.29, 0.717) is 17.4 Å². The molecule has 0 spiro atoms. The number of carboxylic acid groups (broad SMARTS) is 1. The summed E-state index contributed by atoms with van der Waals surface area (Å²) in [5.74, 6) is -1.66. The summed E-state index contributed by atoms with van der Waals surface area (Å²) in [5, 5.41) is 19.2. The lowest BCUT2D eigenvalue weighted by Gasteiger charge is -2.24. The van der Waals surface area contributed by atoms with Gasteiger partial charge in [0.15, 0.2) is 0 Å². The summed E-state index contributed by atoms with van der Waals surface area (Å²) in [6, 6.07) is 0. The largest absolute Gasteiger partial charge is 0.477 e. The Bertz CT molecular complexity index is 1150. The molecule has 0 radical (unpaired) electrons. The minimum Gasteiger partial charge on any atom is -0.477 e. The van der Waals surface area contributed by atoms with E-state index in [1.807, 2.05) is 21.1 Å². The van der Waals surface area contributed by atoms with E-state index < -0.39 is 18.4 Å². The topological polar surface area (TPSA) is 102 Å². The first-order chi connectivity index (χ1) is 25.2. The summed E-state index contributed by atoms with van der Waals surface area (Å²) in [6.07, 6.45) is 49.8. The molecule has 292 valence electrons. The zero-order valence-corrected chi connectivity index (χ0v) is 32.7. The fourth-order valence-corrected chi connectivity index (χ4v) is 4.29. The van der Waals surface area contributed by atoms with Crippen molar-refractivity contribution >= 4 is 11.9 Å². The number of unbranched alkanes of at least 4 members (excludes halogenated alkanes) is 3. The number of aliphatic carboxylic acids is 1. The summed E-state index contributed by atoms with van der Waals surface area (Å²) >= 11 is 0. The van der Waals surface area contributed by atoms with Gasteiger partial charge < -0.3 is 28.9 Å². The molecule has 2 N–H and O–H groups in total. The third-order valence-electron chi connectivity index (χ3n) is 7.27. The van der Waals surface area contributed by atoms with Crippen molar-refractivity contribution in [1.82, 2.24) is 0 Å². The van der Waals surface area contributed by atoms with Crippen molar-refractivity contribution in [3.63, 3.8) is 0 Å². The number of ether oxygens (including phenoxy) is 3. The van der Waals surface area contributed by atoms with Gasteiger partial charge in [0.1, 0.15) is 19.3 Å². The van der Waals surface area contributed by atoms with Crippen LogP contribution in [-0.2, 0) is 23.8 Å². The molecule has 0 aliphatic carbocycles. The lowest BCUT2D eigenvalue weighted by atomic mass is 10.1. The lowest BCUT2D eigenvalue weighted by molar-refractivity contribution is -0.870. The maximum atomic E-state index is 12.0. The average molecular weight is 725 g/mol. The molecule has 0 aromatic carbocycles. The molecule has 8 nitrogen and oxygen atoms in total. The normalized spacial score (nSPS) is 14.4. The number of allylic oxidation sites excluding steroid dienone is 18. The van der Waals surface area contributed by atoms with Crippen LogP contribution in [0.3, 0.4) is 0 Å². The molecule has 2 unspecified atom stereocenters. The molecular weight excluding hydrogens is 654 g/mol. The summed E-state index contributed by atoms with van der Waals surface area (Å²) in [6.45, 7) is 2.40. The van der Waals surface area contributed by atoms with Gasteiger partial charge in [-0.25, -0.2) is 4.79 Å². The molecule has 0 aliphatic rings. The number of esters is 1. The van der Waals surface area contributed by atoms with Crippen LogP contribution in [0.1, 0.15) is 96.8 Å². The number of carbonyl (C=O) groups excluding carboxylic acids is 1. The van der Waals surface area contributed by atoms with Crippen molar-refractivity contribution in [2.45, 2.75) is 109 Å². The second-order valence-electron chi connectivity index (χ2n) is 13.4. The van der Waals surface area contributed by atoms with E-state index in [9.17, 15) is 19.8 Å². The van der Waals surface area contributed by atoms with E-state index in [0.717, 1.165) is 77.0 Å². The Balaban J connectivity index is 3.73. The van der Waals surface area contributed by atoms with E-state index in [-0.39, 0.29) is 32.2 Å². The monoisotopic (exact) mass is 725 g/mol. The SMILES string of the molecule is CC/C=C\C/C=C\C/C=C\C/C=C\C/C=C\C/C=C\C/C=C\C/C=C\C/C=C\CCCCCC(=O)OCC(O)COC(OCC[N+](C)(C)C)C(=O)O. The number of aliphatic hydroxyl groups is 1. The summed E-state index contributed by atoms with van der Waals surface area (Å²) < 4.78 is 16.1. The van der Waals surface area contributed by atoms with Crippen LogP contribution in [0, 0.1) is 0 Å². The Labute approximate surface area is 315 Å². The van der Waals surface area contributed by atoms with Gasteiger partial charge in [0.05, 0.1) is 34.4 Å². The Morgan fingerprint density at radius 1 is 0.577 bits per heavy atom. The van der Waals surface area contributed by atoms with Gasteiger partial charge in [0.2, 0.25) is 0 Å². The van der Waals surface area contributed by atoms with Crippen LogP contribution in [0.25, 0.3) is 0 Å². The Morgan fingerprint density at radius 2 is 1.00 bits per heavy atom. The Kier molecular flexibility index (Phi) is 33.4. The first-order valence-electron chi connectivity index (χ1n) is 19.1. The second kappa shape index (κ2) is 35.8. The Hall–Kier alpha value is -3.56. The van der Waals surface area contributed by atoms with Crippen LogP contribution in [0.5, 0.6) is 0 Å². The van der Waals surface area contributed by atoms with E-state index in [1.165, 1.54) is 0 Å². The van der Waals surface area contributed by atoms with Gasteiger partial charge >= 0.3 is 11.9 Å². The fraction of sp³-hybridized carbons (Fsp3) is 0.545. The molecule has 0 aromatic heterocycles. The predicted octanol–water partition coefficient (Wildman–Crippen LogP) is 9.53. The van der Waals surface area contributed by atoms with Crippen LogP contribution in [0.15, 0.2) is 109 Å². The molecule has 52 heavy (non-hydrogen) atoms. The van der Waals surface area contributed by atoms with E-state index in [1.54, 1.807) is 0 Å². The molecule has 8 heteroatoms. The molecule has 0 rings (SSSR count). The van der Waals surface area contributed by atoms with Gasteiger partial charge in [-0.15, -0.1) is 0 Å². The number of nitrogens with zero attached hydrogens (tertiary/aromatic N) is 1. The molecular formula is C44H70NO7+. The number of hydrogen-bond donors (Lipinski definition) is 2. The summed E-state index contributed by atoms with van der Waals surface area (Å²) in [7, 11) is 5.89. The quantitative estimate of drug-likeness (QED) is 0.0229. The number of quaternary nitrogens is 1. The zero-order chi connectivity index (χ0) is 38.4. The highest BCUT2D eigenvalue weighted by molar-refractivity contribution is 5.70. The highest BCUT2D eigenvalue weighted by Crippen LogP contribution is 2.07. The third kappa shape index (κ3) is 37.7. The van der Waals surface area contributed by atoms with Gasteiger partial charge in [0, 0.05) is 6.42 Å². The highest BCUT2D eigenvalue weighted by atomic mass is 16.7. The summed E-state index contributed by atoms with van der Waals surface area (Å²) in [4.78, 5) is 23.3. The fourth-order valence-electron chi connectivity index (χ4n) is 4.29. The molecule has 0 aliphatic heterocycles. The molecule has 0 bridgehead atoms. The van der Waals surface area contributed by atoms with Crippen molar-refractivity contribution in [3.8, 4) is 0 Å². The number of carbonyl (C=O) groups is 2. The van der Waals surface area contributed by atoms with Gasteiger partial charge in [-0.2, -0.15) is 0 Å². The maximum Gasteiger partial charge on any atom is 0.361 e. The first-order valence-corrected chi connectivity index (χ1v) is 19.1. The van der Waals surface area contributed by atoms with Crippen molar-refractivity contribution in [1.29, 1.82) is 0 Å².